The highest BCUT2D eigenvalue weighted by atomic mass is 79.9. The van der Waals surface area contributed by atoms with E-state index in [9.17, 15) is 5.11 Å². The first-order valence-corrected chi connectivity index (χ1v) is 6.57. The lowest BCUT2D eigenvalue weighted by Gasteiger charge is -2.22. The van der Waals surface area contributed by atoms with E-state index in [0.29, 0.717) is 6.54 Å². The van der Waals surface area contributed by atoms with Crippen LogP contribution in [0.2, 0.25) is 0 Å². The van der Waals surface area contributed by atoms with Crippen LogP contribution in [0.4, 0.5) is 0 Å². The molecular weight excluding hydrogens is 292 g/mol. The summed E-state index contributed by atoms with van der Waals surface area (Å²) in [5.41, 5.74) is 7.42. The fraction of sp³-hybridized carbons (Fsp3) is 0.214. The van der Waals surface area contributed by atoms with E-state index >= 15 is 0 Å². The van der Waals surface area contributed by atoms with Gasteiger partial charge in [0.1, 0.15) is 0 Å². The number of aromatic nitrogens is 1. The molecule has 3 N–H and O–H groups in total. The normalized spacial score (nSPS) is 14.2. The van der Waals surface area contributed by atoms with Crippen molar-refractivity contribution in [1.29, 1.82) is 0 Å². The second kappa shape index (κ2) is 6.09. The third-order valence-corrected chi connectivity index (χ3v) is 3.65. The minimum atomic E-state index is -0.666. The molecule has 2 aromatic rings. The molecule has 0 bridgehead atoms. The molecule has 2 unspecified atom stereocenters. The Labute approximate surface area is 115 Å². The van der Waals surface area contributed by atoms with Crippen LogP contribution in [0.5, 0.6) is 0 Å². The molecule has 0 saturated heterocycles. The molecule has 2 rings (SSSR count). The van der Waals surface area contributed by atoms with Crippen molar-refractivity contribution in [2.45, 2.75) is 12.0 Å². The first-order valence-electron chi connectivity index (χ1n) is 5.77. The maximum atomic E-state index is 10.5. The average Bonchev–Trinajstić information content (AvgIpc) is 2.41. The number of hydrogen-bond donors (Lipinski definition) is 2. The van der Waals surface area contributed by atoms with Crippen molar-refractivity contribution < 1.29 is 5.11 Å². The van der Waals surface area contributed by atoms with Crippen LogP contribution >= 0.6 is 15.9 Å². The molecule has 0 aliphatic heterocycles. The first-order chi connectivity index (χ1) is 8.74. The molecule has 94 valence electrons. The van der Waals surface area contributed by atoms with Gasteiger partial charge in [-0.15, -0.1) is 0 Å². The predicted molar refractivity (Wildman–Crippen MR) is 75.1 cm³/mol. The second-order valence-electron chi connectivity index (χ2n) is 4.06. The van der Waals surface area contributed by atoms with Crippen LogP contribution in [0, 0.1) is 0 Å². The van der Waals surface area contributed by atoms with Crippen molar-refractivity contribution in [2.24, 2.45) is 5.73 Å². The number of benzene rings is 1. The summed E-state index contributed by atoms with van der Waals surface area (Å²) in [5, 5.41) is 10.5. The number of hydrogen-bond acceptors (Lipinski definition) is 3. The van der Waals surface area contributed by atoms with Crippen molar-refractivity contribution in [2.75, 3.05) is 6.54 Å². The van der Waals surface area contributed by atoms with Crippen LogP contribution in [0.3, 0.4) is 0 Å². The van der Waals surface area contributed by atoms with Gasteiger partial charge in [-0.05, 0) is 23.8 Å². The molecule has 1 heterocycles. The van der Waals surface area contributed by atoms with E-state index in [2.05, 4.69) is 20.9 Å². The maximum absolute atomic E-state index is 10.5. The van der Waals surface area contributed by atoms with Gasteiger partial charge in [0.25, 0.3) is 0 Å². The zero-order valence-electron chi connectivity index (χ0n) is 9.83. The average molecular weight is 307 g/mol. The topological polar surface area (TPSA) is 59.1 Å². The minimum absolute atomic E-state index is 0.204. The Hall–Kier alpha value is -1.23. The lowest BCUT2D eigenvalue weighted by atomic mass is 9.92. The van der Waals surface area contributed by atoms with Gasteiger partial charge in [-0.1, -0.05) is 40.2 Å². The minimum Gasteiger partial charge on any atom is -0.388 e. The Morgan fingerprint density at radius 3 is 2.50 bits per heavy atom. The number of nitrogens with zero attached hydrogens (tertiary/aromatic N) is 1. The molecule has 18 heavy (non-hydrogen) atoms. The van der Waals surface area contributed by atoms with Gasteiger partial charge in [0, 0.05) is 28.8 Å². The van der Waals surface area contributed by atoms with Crippen LogP contribution in [0.15, 0.2) is 53.1 Å². The molecule has 2 atom stereocenters. The van der Waals surface area contributed by atoms with Gasteiger partial charge in [0.15, 0.2) is 0 Å². The van der Waals surface area contributed by atoms with E-state index in [1.165, 1.54) is 0 Å². The summed E-state index contributed by atoms with van der Waals surface area (Å²) >= 11 is 3.45. The lowest BCUT2D eigenvalue weighted by Crippen LogP contribution is -2.21. The van der Waals surface area contributed by atoms with Crippen LogP contribution in [-0.2, 0) is 0 Å². The van der Waals surface area contributed by atoms with E-state index in [4.69, 9.17) is 5.73 Å². The molecule has 0 radical (unpaired) electrons. The molecule has 1 aromatic heterocycles. The third-order valence-electron chi connectivity index (χ3n) is 2.93. The zero-order valence-corrected chi connectivity index (χ0v) is 11.4. The molecule has 0 aliphatic rings. The van der Waals surface area contributed by atoms with Gasteiger partial charge in [0.05, 0.1) is 6.10 Å². The number of halogens is 1. The highest BCUT2D eigenvalue weighted by Crippen LogP contribution is 2.32. The van der Waals surface area contributed by atoms with Gasteiger partial charge >= 0.3 is 0 Å². The second-order valence-corrected chi connectivity index (χ2v) is 4.92. The molecule has 4 heteroatoms. The summed E-state index contributed by atoms with van der Waals surface area (Å²) < 4.78 is 0.881. The third kappa shape index (κ3) is 2.77. The predicted octanol–water partition coefficient (Wildman–Crippen LogP) is 2.62. The van der Waals surface area contributed by atoms with E-state index < -0.39 is 6.10 Å². The van der Waals surface area contributed by atoms with Crippen molar-refractivity contribution >= 4 is 15.9 Å². The van der Waals surface area contributed by atoms with Crippen molar-refractivity contribution in [1.82, 2.24) is 4.98 Å². The summed E-state index contributed by atoms with van der Waals surface area (Å²) in [4.78, 5) is 4.27. The molecule has 0 fully saturated rings. The molecule has 0 aliphatic carbocycles. The van der Waals surface area contributed by atoms with Crippen molar-refractivity contribution in [3.05, 3.63) is 64.4 Å². The van der Waals surface area contributed by atoms with Gasteiger partial charge in [-0.3, -0.25) is 4.98 Å². The van der Waals surface area contributed by atoms with Crippen LogP contribution < -0.4 is 5.73 Å². The summed E-state index contributed by atoms with van der Waals surface area (Å²) in [7, 11) is 0. The van der Waals surface area contributed by atoms with Gasteiger partial charge in [0.2, 0.25) is 0 Å². The Morgan fingerprint density at radius 1 is 1.17 bits per heavy atom. The van der Waals surface area contributed by atoms with E-state index in [1.807, 2.05) is 42.5 Å². The molecule has 0 spiro atoms. The fourth-order valence-electron chi connectivity index (χ4n) is 1.94. The van der Waals surface area contributed by atoms with Crippen molar-refractivity contribution in [3.8, 4) is 0 Å². The monoisotopic (exact) mass is 306 g/mol. The molecular formula is C14H15BrN2O. The number of rotatable bonds is 4. The van der Waals surface area contributed by atoms with Crippen LogP contribution in [0.25, 0.3) is 0 Å². The number of aliphatic hydroxyl groups excluding tert-OH is 1. The lowest BCUT2D eigenvalue weighted by molar-refractivity contribution is 0.145. The molecule has 1 aromatic carbocycles. The highest BCUT2D eigenvalue weighted by molar-refractivity contribution is 9.10. The summed E-state index contributed by atoms with van der Waals surface area (Å²) in [6.45, 7) is 0.347. The smallest absolute Gasteiger partial charge is 0.0896 e. The van der Waals surface area contributed by atoms with Crippen LogP contribution in [0.1, 0.15) is 23.3 Å². The first kappa shape index (κ1) is 13.2. The summed E-state index contributed by atoms with van der Waals surface area (Å²) in [6.07, 6.45) is 1.05. The number of pyridine rings is 1. The van der Waals surface area contributed by atoms with Gasteiger partial charge < -0.3 is 10.8 Å². The van der Waals surface area contributed by atoms with E-state index in [-0.39, 0.29) is 5.92 Å². The highest BCUT2D eigenvalue weighted by Gasteiger charge is 2.23. The number of aliphatic hydroxyl groups is 1. The van der Waals surface area contributed by atoms with E-state index in [0.717, 1.165) is 15.7 Å². The number of nitrogens with two attached hydrogens (primary N) is 1. The molecule has 3 nitrogen and oxygen atoms in total. The quantitative estimate of drug-likeness (QED) is 0.913. The maximum Gasteiger partial charge on any atom is 0.0896 e. The Morgan fingerprint density at radius 2 is 1.89 bits per heavy atom. The zero-order chi connectivity index (χ0) is 13.0. The SMILES string of the molecule is NCC(c1ccccn1)C(O)c1ccccc1Br. The summed E-state index contributed by atoms with van der Waals surface area (Å²) in [6, 6.07) is 13.2. The Bertz CT molecular complexity index is 504. The molecule has 0 amide bonds. The van der Waals surface area contributed by atoms with Crippen molar-refractivity contribution in [3.63, 3.8) is 0 Å². The van der Waals surface area contributed by atoms with Gasteiger partial charge in [-0.2, -0.15) is 0 Å². The summed E-state index contributed by atoms with van der Waals surface area (Å²) in [5.74, 6) is -0.204. The van der Waals surface area contributed by atoms with E-state index in [1.54, 1.807) is 6.20 Å². The fourth-order valence-corrected chi connectivity index (χ4v) is 2.46. The largest absolute Gasteiger partial charge is 0.388 e. The molecule has 0 saturated carbocycles. The Kier molecular flexibility index (Phi) is 4.47. The van der Waals surface area contributed by atoms with Crippen LogP contribution in [-0.4, -0.2) is 16.6 Å². The standard InChI is InChI=1S/C14H15BrN2O/c15-12-6-2-1-5-10(12)14(18)11(9-16)13-7-3-4-8-17-13/h1-8,11,14,18H,9,16H2. The Balaban J connectivity index is 2.32. The van der Waals surface area contributed by atoms with Gasteiger partial charge in [-0.25, -0.2) is 0 Å².